The van der Waals surface area contributed by atoms with Gasteiger partial charge in [-0.1, -0.05) is 30.3 Å². The van der Waals surface area contributed by atoms with Crippen molar-refractivity contribution in [2.75, 3.05) is 6.54 Å². The average Bonchev–Trinajstić information content (AvgIpc) is 3.04. The summed E-state index contributed by atoms with van der Waals surface area (Å²) in [4.78, 5) is 2.34. The summed E-state index contributed by atoms with van der Waals surface area (Å²) < 4.78 is 0. The molecule has 3 aliphatic rings. The van der Waals surface area contributed by atoms with E-state index in [-0.39, 0.29) is 29.2 Å². The van der Waals surface area contributed by atoms with Crippen molar-refractivity contribution in [3.05, 3.63) is 99.6 Å². The number of benzene rings is 1. The number of hydrogen-bond acceptors (Lipinski definition) is 2. The van der Waals surface area contributed by atoms with Crippen LogP contribution >= 0.6 is 0 Å². The van der Waals surface area contributed by atoms with Gasteiger partial charge in [0.1, 0.15) is 0 Å². The smallest absolute Gasteiger partial charge is 0.391 e. The molecular formula is C21H23FeNO+2. The molecule has 1 heterocycles. The number of aliphatic hydroxyl groups is 1. The Kier molecular flexibility index (Phi) is 8.30. The Bertz CT molecular complexity index is 449. The van der Waals surface area contributed by atoms with E-state index in [0.717, 1.165) is 12.5 Å². The van der Waals surface area contributed by atoms with Gasteiger partial charge in [-0.2, -0.15) is 0 Å². The van der Waals surface area contributed by atoms with E-state index in [9.17, 15) is 5.11 Å². The molecule has 2 saturated carbocycles. The van der Waals surface area contributed by atoms with Crippen LogP contribution in [0.15, 0.2) is 30.3 Å². The molecule has 1 saturated heterocycles. The third kappa shape index (κ3) is 5.33. The SMILES string of the molecule is C[C@H](c1ccccc1)N1C[C@@H]1[C@@H](O)[C]1[CH][CH][CH][CH]1.[CH]1[CH][CH][CH][CH]1.[Fe+2]. The van der Waals surface area contributed by atoms with Crippen LogP contribution in [0.4, 0.5) is 0 Å². The van der Waals surface area contributed by atoms with E-state index in [4.69, 9.17) is 0 Å². The molecule has 0 amide bonds. The van der Waals surface area contributed by atoms with E-state index < -0.39 is 0 Å². The number of nitrogens with zero attached hydrogens (tertiary/aromatic N) is 1. The molecule has 4 rings (SSSR count). The standard InChI is InChI=1S/C16H18NO.C5H5.Fe/c1-12(13-7-3-2-4-8-13)17-11-15(17)16(18)14-9-5-6-10-14;1-2-4-5-3-1;/h2-10,12,15-16,18H,11H2,1H3;1-5H;/q;;+2/t12-,15-,16+,17?;;/m1../s1. The zero-order valence-electron chi connectivity index (χ0n) is 13.8. The monoisotopic (exact) mass is 361 g/mol. The summed E-state index contributed by atoms with van der Waals surface area (Å²) in [6, 6.07) is 11.1. The van der Waals surface area contributed by atoms with Crippen molar-refractivity contribution < 1.29 is 22.2 Å². The summed E-state index contributed by atoms with van der Waals surface area (Å²) in [7, 11) is 0. The molecule has 0 aromatic heterocycles. The Hall–Kier alpha value is -0.341. The molecule has 3 fully saturated rings. The maximum atomic E-state index is 10.3. The molecule has 1 N–H and O–H groups in total. The molecule has 24 heavy (non-hydrogen) atoms. The van der Waals surface area contributed by atoms with Gasteiger partial charge in [0.05, 0.1) is 6.10 Å². The third-order valence-electron chi connectivity index (χ3n) is 4.42. The Morgan fingerprint density at radius 3 is 2.00 bits per heavy atom. The van der Waals surface area contributed by atoms with Crippen LogP contribution in [0.2, 0.25) is 0 Å². The fraction of sp³-hybridized carbons (Fsp3) is 0.238. The van der Waals surface area contributed by atoms with Crippen molar-refractivity contribution in [3.63, 3.8) is 0 Å². The third-order valence-corrected chi connectivity index (χ3v) is 4.42. The summed E-state index contributed by atoms with van der Waals surface area (Å²) >= 11 is 0. The number of hydrogen-bond donors (Lipinski definition) is 1. The minimum Gasteiger partial charge on any atom is -0.391 e. The summed E-state index contributed by atoms with van der Waals surface area (Å²) in [5.74, 6) is 1.03. The topological polar surface area (TPSA) is 23.2 Å². The van der Waals surface area contributed by atoms with Gasteiger partial charge in [0.15, 0.2) is 0 Å². The Balaban J connectivity index is 0.000000300. The van der Waals surface area contributed by atoms with Crippen LogP contribution in [0.3, 0.4) is 0 Å². The first-order chi connectivity index (χ1) is 11.3. The molecule has 1 unspecified atom stereocenters. The van der Waals surface area contributed by atoms with E-state index in [2.05, 4.69) is 36.1 Å². The zero-order valence-corrected chi connectivity index (χ0v) is 14.9. The van der Waals surface area contributed by atoms with Gasteiger partial charge in [0.2, 0.25) is 0 Å². The fourth-order valence-corrected chi connectivity index (χ4v) is 2.95. The Morgan fingerprint density at radius 2 is 1.46 bits per heavy atom. The van der Waals surface area contributed by atoms with Gasteiger partial charge in [-0.3, -0.25) is 4.90 Å². The molecule has 10 radical (unpaired) electrons. The van der Waals surface area contributed by atoms with Gasteiger partial charge in [-0.05, 0) is 70.3 Å². The van der Waals surface area contributed by atoms with Crippen LogP contribution in [-0.2, 0) is 17.1 Å². The van der Waals surface area contributed by atoms with Crippen molar-refractivity contribution in [2.45, 2.75) is 25.1 Å². The van der Waals surface area contributed by atoms with Crippen molar-refractivity contribution >= 4 is 0 Å². The second kappa shape index (κ2) is 9.97. The molecular weight excluding hydrogens is 338 g/mol. The molecule has 0 bridgehead atoms. The average molecular weight is 361 g/mol. The number of aliphatic hydroxyl groups excluding tert-OH is 1. The maximum absolute atomic E-state index is 10.3. The van der Waals surface area contributed by atoms with Gasteiger partial charge >= 0.3 is 17.1 Å². The molecule has 0 spiro atoms. The number of rotatable bonds is 4. The van der Waals surface area contributed by atoms with Crippen LogP contribution in [-0.4, -0.2) is 28.7 Å². The molecule has 124 valence electrons. The van der Waals surface area contributed by atoms with Gasteiger partial charge < -0.3 is 5.11 Å². The summed E-state index contributed by atoms with van der Waals surface area (Å²) in [6.45, 7) is 3.18. The van der Waals surface area contributed by atoms with E-state index >= 15 is 0 Å². The Labute approximate surface area is 158 Å². The van der Waals surface area contributed by atoms with E-state index in [1.54, 1.807) is 0 Å². The molecule has 2 nitrogen and oxygen atoms in total. The van der Waals surface area contributed by atoms with Crippen molar-refractivity contribution in [3.8, 4) is 0 Å². The first kappa shape index (κ1) is 20.0. The molecule has 1 aromatic rings. The summed E-state index contributed by atoms with van der Waals surface area (Å²) in [6.07, 6.45) is 17.6. The van der Waals surface area contributed by atoms with E-state index in [0.29, 0.717) is 6.04 Å². The zero-order chi connectivity index (χ0) is 16.1. The Morgan fingerprint density at radius 1 is 0.917 bits per heavy atom. The summed E-state index contributed by atoms with van der Waals surface area (Å²) in [5.41, 5.74) is 1.31. The van der Waals surface area contributed by atoms with Crippen LogP contribution in [0.5, 0.6) is 0 Å². The van der Waals surface area contributed by atoms with Crippen LogP contribution < -0.4 is 0 Å². The van der Waals surface area contributed by atoms with Crippen molar-refractivity contribution in [2.24, 2.45) is 0 Å². The largest absolute Gasteiger partial charge is 2.00 e. The van der Waals surface area contributed by atoms with E-state index in [1.165, 1.54) is 5.56 Å². The first-order valence-corrected chi connectivity index (χ1v) is 8.14. The van der Waals surface area contributed by atoms with Gasteiger partial charge in [-0.15, -0.1) is 0 Å². The molecule has 3 heteroatoms. The van der Waals surface area contributed by atoms with Crippen LogP contribution in [0.1, 0.15) is 18.5 Å². The second-order valence-electron chi connectivity index (χ2n) is 5.98. The molecule has 1 aromatic carbocycles. The molecule has 1 aliphatic heterocycles. The van der Waals surface area contributed by atoms with E-state index in [1.807, 2.05) is 63.9 Å². The molecule has 4 atom stereocenters. The predicted octanol–water partition coefficient (Wildman–Crippen LogP) is 3.22. The quantitative estimate of drug-likeness (QED) is 0.658. The first-order valence-electron chi connectivity index (χ1n) is 8.14. The minimum absolute atomic E-state index is 0. The van der Waals surface area contributed by atoms with Crippen molar-refractivity contribution in [1.29, 1.82) is 0 Å². The summed E-state index contributed by atoms with van der Waals surface area (Å²) in [5, 5.41) is 10.3. The second-order valence-corrected chi connectivity index (χ2v) is 5.98. The van der Waals surface area contributed by atoms with Gasteiger partial charge in [0.25, 0.3) is 0 Å². The molecule has 2 aliphatic carbocycles. The normalized spacial score (nSPS) is 28.4. The van der Waals surface area contributed by atoms with Crippen LogP contribution in [0, 0.1) is 63.7 Å². The van der Waals surface area contributed by atoms with Gasteiger partial charge in [0, 0.05) is 24.5 Å². The maximum Gasteiger partial charge on any atom is 2.00 e. The van der Waals surface area contributed by atoms with Crippen molar-refractivity contribution in [1.82, 2.24) is 4.90 Å². The van der Waals surface area contributed by atoms with Gasteiger partial charge in [-0.25, -0.2) is 0 Å². The van der Waals surface area contributed by atoms with Crippen LogP contribution in [0.25, 0.3) is 0 Å². The minimum atomic E-state index is -0.355. The predicted molar refractivity (Wildman–Crippen MR) is 93.3 cm³/mol. The fourth-order valence-electron chi connectivity index (χ4n) is 2.95.